The number of fused-ring (bicyclic) bond motifs is 1. The Kier molecular flexibility index (Phi) is 4.78. The quantitative estimate of drug-likeness (QED) is 0.480. The van der Waals surface area contributed by atoms with E-state index in [0.717, 1.165) is 0 Å². The molecule has 0 unspecified atom stereocenters. The van der Waals surface area contributed by atoms with Crippen LogP contribution in [-0.2, 0) is 0 Å². The highest BCUT2D eigenvalue weighted by atomic mass is 16.6. The van der Waals surface area contributed by atoms with Crippen molar-refractivity contribution in [2.24, 2.45) is 5.41 Å². The van der Waals surface area contributed by atoms with Crippen molar-refractivity contribution in [3.63, 3.8) is 0 Å². The van der Waals surface area contributed by atoms with Gasteiger partial charge in [0.15, 0.2) is 0 Å². The molecule has 0 radical (unpaired) electrons. The Morgan fingerprint density at radius 1 is 1.30 bits per heavy atom. The summed E-state index contributed by atoms with van der Waals surface area (Å²) in [6.45, 7) is 11.2. The molecular formula is C16H21N5O2. The number of nitro groups is 1. The zero-order chi connectivity index (χ0) is 17.0. The van der Waals surface area contributed by atoms with E-state index in [0.29, 0.717) is 35.8 Å². The van der Waals surface area contributed by atoms with E-state index in [4.69, 9.17) is 0 Å². The fourth-order valence-electron chi connectivity index (χ4n) is 1.96. The summed E-state index contributed by atoms with van der Waals surface area (Å²) in [5.41, 5.74) is 0.715. The maximum absolute atomic E-state index is 11.0. The van der Waals surface area contributed by atoms with Gasteiger partial charge in [0.2, 0.25) is 5.95 Å². The first-order valence-electron chi connectivity index (χ1n) is 7.35. The van der Waals surface area contributed by atoms with Crippen LogP contribution in [0.25, 0.3) is 10.9 Å². The van der Waals surface area contributed by atoms with Gasteiger partial charge in [-0.3, -0.25) is 10.1 Å². The Bertz CT molecular complexity index is 737. The summed E-state index contributed by atoms with van der Waals surface area (Å²) in [6.07, 6.45) is 1.71. The SMILES string of the molecule is C=CCNc1nc(NCC(C)(C)C)c2cc([N+](=O)[O-])ccc2n1. The van der Waals surface area contributed by atoms with E-state index in [1.54, 1.807) is 12.1 Å². The Hall–Kier alpha value is -2.70. The number of rotatable bonds is 6. The molecule has 0 saturated heterocycles. The predicted octanol–water partition coefficient (Wildman–Crippen LogP) is 3.59. The van der Waals surface area contributed by atoms with Gasteiger partial charge < -0.3 is 10.6 Å². The summed E-state index contributed by atoms with van der Waals surface area (Å²) in [5, 5.41) is 18.0. The highest BCUT2D eigenvalue weighted by Crippen LogP contribution is 2.27. The largest absolute Gasteiger partial charge is 0.369 e. The topological polar surface area (TPSA) is 93.0 Å². The minimum absolute atomic E-state index is 0.0201. The van der Waals surface area contributed by atoms with Crippen molar-refractivity contribution >= 4 is 28.4 Å². The molecule has 0 saturated carbocycles. The zero-order valence-electron chi connectivity index (χ0n) is 13.6. The number of aromatic nitrogens is 2. The number of nitrogens with one attached hydrogen (secondary N) is 2. The van der Waals surface area contributed by atoms with Crippen LogP contribution in [-0.4, -0.2) is 28.0 Å². The van der Waals surface area contributed by atoms with Crippen molar-refractivity contribution < 1.29 is 4.92 Å². The van der Waals surface area contributed by atoms with Crippen molar-refractivity contribution in [2.75, 3.05) is 23.7 Å². The van der Waals surface area contributed by atoms with Gasteiger partial charge in [-0.25, -0.2) is 4.98 Å². The van der Waals surface area contributed by atoms with E-state index in [-0.39, 0.29) is 11.1 Å². The number of hydrogen-bond donors (Lipinski definition) is 2. The third kappa shape index (κ3) is 4.38. The minimum atomic E-state index is -0.420. The average molecular weight is 315 g/mol. The predicted molar refractivity (Wildman–Crippen MR) is 92.8 cm³/mol. The Morgan fingerprint density at radius 2 is 2.04 bits per heavy atom. The van der Waals surface area contributed by atoms with Crippen molar-refractivity contribution in [2.45, 2.75) is 20.8 Å². The van der Waals surface area contributed by atoms with Crippen LogP contribution in [0.5, 0.6) is 0 Å². The molecule has 1 aromatic heterocycles. The summed E-state index contributed by atoms with van der Waals surface area (Å²) in [7, 11) is 0. The van der Waals surface area contributed by atoms with Crippen molar-refractivity contribution in [3.05, 3.63) is 41.0 Å². The van der Waals surface area contributed by atoms with Gasteiger partial charge in [0.25, 0.3) is 5.69 Å². The molecule has 0 fully saturated rings. The number of hydrogen-bond acceptors (Lipinski definition) is 6. The molecular weight excluding hydrogens is 294 g/mol. The molecule has 2 N–H and O–H groups in total. The van der Waals surface area contributed by atoms with Crippen LogP contribution in [0.1, 0.15) is 20.8 Å². The lowest BCUT2D eigenvalue weighted by molar-refractivity contribution is -0.384. The maximum Gasteiger partial charge on any atom is 0.270 e. The number of nitrogens with zero attached hydrogens (tertiary/aromatic N) is 3. The van der Waals surface area contributed by atoms with Crippen molar-refractivity contribution in [1.29, 1.82) is 0 Å². The Balaban J connectivity index is 2.49. The molecule has 0 aliphatic heterocycles. The lowest BCUT2D eigenvalue weighted by Gasteiger charge is -2.20. The molecule has 7 nitrogen and oxygen atoms in total. The molecule has 1 aromatic carbocycles. The van der Waals surface area contributed by atoms with Crippen molar-refractivity contribution in [3.8, 4) is 0 Å². The smallest absolute Gasteiger partial charge is 0.270 e. The normalized spacial score (nSPS) is 11.3. The number of anilines is 2. The molecule has 0 amide bonds. The van der Waals surface area contributed by atoms with Gasteiger partial charge in [-0.15, -0.1) is 6.58 Å². The highest BCUT2D eigenvalue weighted by Gasteiger charge is 2.15. The maximum atomic E-state index is 11.0. The van der Waals surface area contributed by atoms with Crippen LogP contribution in [0.4, 0.5) is 17.5 Å². The van der Waals surface area contributed by atoms with Crippen LogP contribution in [0.2, 0.25) is 0 Å². The molecule has 0 spiro atoms. The van der Waals surface area contributed by atoms with Gasteiger partial charge in [-0.05, 0) is 11.5 Å². The minimum Gasteiger partial charge on any atom is -0.369 e. The van der Waals surface area contributed by atoms with E-state index in [9.17, 15) is 10.1 Å². The summed E-state index contributed by atoms with van der Waals surface area (Å²) in [4.78, 5) is 19.4. The molecule has 0 aliphatic carbocycles. The third-order valence-electron chi connectivity index (χ3n) is 3.08. The van der Waals surface area contributed by atoms with Crippen LogP contribution < -0.4 is 10.6 Å². The molecule has 122 valence electrons. The van der Waals surface area contributed by atoms with E-state index in [2.05, 4.69) is 48.0 Å². The monoisotopic (exact) mass is 315 g/mol. The van der Waals surface area contributed by atoms with Gasteiger partial charge in [-0.2, -0.15) is 4.98 Å². The number of non-ortho nitro benzene ring substituents is 1. The molecule has 2 aromatic rings. The zero-order valence-corrected chi connectivity index (χ0v) is 13.6. The fourth-order valence-corrected chi connectivity index (χ4v) is 1.96. The lowest BCUT2D eigenvalue weighted by Crippen LogP contribution is -2.20. The van der Waals surface area contributed by atoms with Gasteiger partial charge in [0.1, 0.15) is 5.82 Å². The Labute approximate surface area is 135 Å². The average Bonchev–Trinajstić information content (AvgIpc) is 2.49. The fraction of sp³-hybridized carbons (Fsp3) is 0.375. The summed E-state index contributed by atoms with van der Waals surface area (Å²) < 4.78 is 0. The second-order valence-corrected chi connectivity index (χ2v) is 6.44. The lowest BCUT2D eigenvalue weighted by atomic mass is 9.97. The number of benzene rings is 1. The van der Waals surface area contributed by atoms with Gasteiger partial charge in [0, 0.05) is 30.6 Å². The second-order valence-electron chi connectivity index (χ2n) is 6.44. The van der Waals surface area contributed by atoms with Crippen LogP contribution in [0, 0.1) is 15.5 Å². The van der Waals surface area contributed by atoms with Crippen LogP contribution >= 0.6 is 0 Å². The molecule has 1 heterocycles. The first-order valence-corrected chi connectivity index (χ1v) is 7.35. The molecule has 0 atom stereocenters. The van der Waals surface area contributed by atoms with Gasteiger partial charge in [-0.1, -0.05) is 26.8 Å². The van der Waals surface area contributed by atoms with Crippen molar-refractivity contribution in [1.82, 2.24) is 9.97 Å². The second kappa shape index (κ2) is 6.60. The van der Waals surface area contributed by atoms with Gasteiger partial charge >= 0.3 is 0 Å². The molecule has 2 rings (SSSR count). The summed E-state index contributed by atoms with van der Waals surface area (Å²) in [6, 6.07) is 4.58. The van der Waals surface area contributed by atoms with Crippen LogP contribution in [0.15, 0.2) is 30.9 Å². The standard InChI is InChI=1S/C16H21N5O2/c1-5-8-17-15-19-13-7-6-11(21(22)23)9-12(13)14(20-15)18-10-16(2,3)4/h5-7,9H,1,8,10H2,2-4H3,(H2,17,18,19,20). The molecule has 7 heteroatoms. The molecule has 23 heavy (non-hydrogen) atoms. The first-order chi connectivity index (χ1) is 10.8. The van der Waals surface area contributed by atoms with E-state index < -0.39 is 4.92 Å². The summed E-state index contributed by atoms with van der Waals surface area (Å²) in [5.74, 6) is 1.04. The highest BCUT2D eigenvalue weighted by molar-refractivity contribution is 5.91. The molecule has 0 bridgehead atoms. The van der Waals surface area contributed by atoms with E-state index >= 15 is 0 Å². The third-order valence-corrected chi connectivity index (χ3v) is 3.08. The van der Waals surface area contributed by atoms with E-state index in [1.807, 2.05) is 0 Å². The number of nitro benzene ring substituents is 1. The van der Waals surface area contributed by atoms with Gasteiger partial charge in [0.05, 0.1) is 10.4 Å². The summed E-state index contributed by atoms with van der Waals surface area (Å²) >= 11 is 0. The molecule has 0 aliphatic rings. The van der Waals surface area contributed by atoms with E-state index in [1.165, 1.54) is 12.1 Å². The first kappa shape index (κ1) is 16.7. The van der Waals surface area contributed by atoms with Crippen LogP contribution in [0.3, 0.4) is 0 Å². The Morgan fingerprint density at radius 3 is 2.65 bits per heavy atom.